The molecular weight excluding hydrogens is 480 g/mol. The quantitative estimate of drug-likeness (QED) is 0.484. The second-order valence-electron chi connectivity index (χ2n) is 8.41. The zero-order valence-corrected chi connectivity index (χ0v) is 19.5. The monoisotopic (exact) mass is 503 g/mol. The van der Waals surface area contributed by atoms with Gasteiger partial charge in [-0.15, -0.1) is 0 Å². The van der Waals surface area contributed by atoms with Crippen LogP contribution in [0, 0.1) is 18.6 Å². The third kappa shape index (κ3) is 5.02. The number of pyridine rings is 1. The van der Waals surface area contributed by atoms with Gasteiger partial charge in [0.2, 0.25) is 10.0 Å². The van der Waals surface area contributed by atoms with Crippen molar-refractivity contribution >= 4 is 16.0 Å². The smallest absolute Gasteiger partial charge is 0.320 e. The van der Waals surface area contributed by atoms with E-state index in [1.165, 1.54) is 66.0 Å². The maximum absolute atomic E-state index is 14.1. The van der Waals surface area contributed by atoms with Crippen molar-refractivity contribution in [3.8, 4) is 5.75 Å². The number of sulfonamides is 1. The number of aromatic nitrogens is 1. The van der Waals surface area contributed by atoms with Crippen LogP contribution in [0.15, 0.2) is 65.7 Å². The van der Waals surface area contributed by atoms with E-state index >= 15 is 0 Å². The minimum atomic E-state index is -3.97. The van der Waals surface area contributed by atoms with E-state index in [1.807, 2.05) is 0 Å². The molecule has 4 rings (SSSR count). The summed E-state index contributed by atoms with van der Waals surface area (Å²) in [7, 11) is -3.97. The van der Waals surface area contributed by atoms with E-state index in [4.69, 9.17) is 15.6 Å². The van der Waals surface area contributed by atoms with Gasteiger partial charge in [-0.3, -0.25) is 9.78 Å². The molecule has 0 aliphatic carbocycles. The largest absolute Gasteiger partial charge is 0.480 e. The van der Waals surface area contributed by atoms with E-state index in [1.54, 1.807) is 6.07 Å². The van der Waals surface area contributed by atoms with E-state index < -0.39 is 39.3 Å². The van der Waals surface area contributed by atoms with Crippen molar-refractivity contribution in [3.63, 3.8) is 0 Å². The molecule has 0 spiro atoms. The number of hydrogen-bond donors (Lipinski definition) is 2. The SMILES string of the molecule is Cc1ncc(OC2(c3ccc(F)cc3)CN(S(=O)(=O)c3cccc(C[C@H](N)C(=O)O)c3)C2)cc1F. The third-order valence-electron chi connectivity index (χ3n) is 5.86. The predicted octanol–water partition coefficient (Wildman–Crippen LogP) is 2.60. The molecule has 1 aliphatic rings. The summed E-state index contributed by atoms with van der Waals surface area (Å²) in [6.45, 7) is 1.27. The highest BCUT2D eigenvalue weighted by molar-refractivity contribution is 7.89. The lowest BCUT2D eigenvalue weighted by atomic mass is 9.87. The first-order valence-corrected chi connectivity index (χ1v) is 12.1. The average molecular weight is 504 g/mol. The van der Waals surface area contributed by atoms with E-state index in [9.17, 15) is 22.0 Å². The molecular formula is C24H23F2N3O5S. The van der Waals surface area contributed by atoms with Crippen molar-refractivity contribution in [1.82, 2.24) is 9.29 Å². The molecule has 2 heterocycles. The first-order chi connectivity index (χ1) is 16.5. The van der Waals surface area contributed by atoms with Gasteiger partial charge in [0.1, 0.15) is 23.4 Å². The minimum absolute atomic E-state index is 0.0247. The van der Waals surface area contributed by atoms with Gasteiger partial charge in [-0.2, -0.15) is 4.31 Å². The number of ether oxygens (including phenoxy) is 1. The van der Waals surface area contributed by atoms with Crippen molar-refractivity contribution in [2.24, 2.45) is 5.73 Å². The lowest BCUT2D eigenvalue weighted by molar-refractivity contribution is -0.138. The topological polar surface area (TPSA) is 123 Å². The van der Waals surface area contributed by atoms with Crippen molar-refractivity contribution < 1.29 is 31.8 Å². The predicted molar refractivity (Wildman–Crippen MR) is 122 cm³/mol. The fourth-order valence-electron chi connectivity index (χ4n) is 3.85. The average Bonchev–Trinajstić information content (AvgIpc) is 2.79. The molecule has 0 unspecified atom stereocenters. The number of carboxylic acids is 1. The van der Waals surface area contributed by atoms with Crippen LogP contribution in [0.5, 0.6) is 5.75 Å². The summed E-state index contributed by atoms with van der Waals surface area (Å²) in [5, 5.41) is 9.03. The van der Waals surface area contributed by atoms with Crippen LogP contribution in [0.3, 0.4) is 0 Å². The van der Waals surface area contributed by atoms with Crippen molar-refractivity contribution in [2.75, 3.05) is 13.1 Å². The van der Waals surface area contributed by atoms with Crippen LogP contribution in [0.2, 0.25) is 0 Å². The summed E-state index contributed by atoms with van der Waals surface area (Å²) in [5.74, 6) is -2.12. The molecule has 0 amide bonds. The summed E-state index contributed by atoms with van der Waals surface area (Å²) in [6, 6.07) is 11.4. The number of carboxylic acid groups (broad SMARTS) is 1. The number of halogens is 2. The Kier molecular flexibility index (Phi) is 6.58. The van der Waals surface area contributed by atoms with E-state index in [0.29, 0.717) is 11.1 Å². The first kappa shape index (κ1) is 24.7. The summed E-state index contributed by atoms with van der Waals surface area (Å²) < 4.78 is 61.4. The zero-order valence-electron chi connectivity index (χ0n) is 18.7. The molecule has 0 saturated carbocycles. The minimum Gasteiger partial charge on any atom is -0.480 e. The van der Waals surface area contributed by atoms with Gasteiger partial charge in [0.15, 0.2) is 5.60 Å². The van der Waals surface area contributed by atoms with Gasteiger partial charge >= 0.3 is 5.97 Å². The van der Waals surface area contributed by atoms with Crippen molar-refractivity contribution in [2.45, 2.75) is 29.9 Å². The second kappa shape index (κ2) is 9.33. The Morgan fingerprint density at radius 2 is 1.89 bits per heavy atom. The highest BCUT2D eigenvalue weighted by Gasteiger charge is 2.52. The fraction of sp³-hybridized carbons (Fsp3) is 0.250. The Morgan fingerprint density at radius 1 is 1.20 bits per heavy atom. The molecule has 11 heteroatoms. The Morgan fingerprint density at radius 3 is 2.51 bits per heavy atom. The molecule has 2 aromatic carbocycles. The Bertz CT molecular complexity index is 1360. The molecule has 184 valence electrons. The number of aliphatic carboxylic acids is 1. The number of carbonyl (C=O) groups is 1. The number of aryl methyl sites for hydroxylation is 1. The van der Waals surface area contributed by atoms with Crippen LogP contribution in [0.25, 0.3) is 0 Å². The molecule has 0 bridgehead atoms. The fourth-order valence-corrected chi connectivity index (χ4v) is 5.45. The Balaban J connectivity index is 1.61. The number of nitrogens with zero attached hydrogens (tertiary/aromatic N) is 2. The summed E-state index contributed by atoms with van der Waals surface area (Å²) in [5.41, 5.74) is 5.56. The summed E-state index contributed by atoms with van der Waals surface area (Å²) >= 11 is 0. The summed E-state index contributed by atoms with van der Waals surface area (Å²) in [6.07, 6.45) is 1.31. The first-order valence-electron chi connectivity index (χ1n) is 10.6. The van der Waals surface area contributed by atoms with Crippen LogP contribution in [-0.2, 0) is 26.8 Å². The van der Waals surface area contributed by atoms with Crippen molar-refractivity contribution in [3.05, 3.63) is 89.2 Å². The molecule has 8 nitrogen and oxygen atoms in total. The van der Waals surface area contributed by atoms with Gasteiger partial charge in [-0.05, 0) is 48.7 Å². The van der Waals surface area contributed by atoms with Crippen LogP contribution >= 0.6 is 0 Å². The van der Waals surface area contributed by atoms with Gasteiger partial charge < -0.3 is 15.6 Å². The standard InChI is InChI=1S/C24H23F2N3O5S/c1-15-21(26)11-19(12-28-15)34-24(17-5-7-18(25)8-6-17)13-29(14-24)35(32,33)20-4-2-3-16(9-20)10-22(27)23(30)31/h2-9,11-12,22H,10,13-14,27H2,1H3,(H,30,31)/t22-/m0/s1. The van der Waals surface area contributed by atoms with Gasteiger partial charge in [-0.25, -0.2) is 17.2 Å². The molecule has 1 aromatic heterocycles. The van der Waals surface area contributed by atoms with Crippen LogP contribution in [-0.4, -0.2) is 47.9 Å². The zero-order chi connectivity index (χ0) is 25.4. The molecule has 3 aromatic rings. The molecule has 35 heavy (non-hydrogen) atoms. The van der Waals surface area contributed by atoms with Gasteiger partial charge in [0.25, 0.3) is 0 Å². The van der Waals surface area contributed by atoms with E-state index in [2.05, 4.69) is 4.98 Å². The lowest BCUT2D eigenvalue weighted by Crippen LogP contribution is -2.64. The lowest BCUT2D eigenvalue weighted by Gasteiger charge is -2.48. The molecule has 1 saturated heterocycles. The number of benzene rings is 2. The number of nitrogens with two attached hydrogens (primary N) is 1. The highest BCUT2D eigenvalue weighted by Crippen LogP contribution is 2.40. The Labute approximate surface area is 201 Å². The molecule has 3 N–H and O–H groups in total. The highest BCUT2D eigenvalue weighted by atomic mass is 32.2. The maximum Gasteiger partial charge on any atom is 0.320 e. The van der Waals surface area contributed by atoms with E-state index in [0.717, 1.165) is 0 Å². The van der Waals surface area contributed by atoms with E-state index in [-0.39, 0.29) is 35.8 Å². The maximum atomic E-state index is 14.1. The number of rotatable bonds is 8. The molecule has 0 radical (unpaired) electrons. The summed E-state index contributed by atoms with van der Waals surface area (Å²) in [4.78, 5) is 15.0. The molecule has 1 aliphatic heterocycles. The third-order valence-corrected chi connectivity index (χ3v) is 7.64. The normalized spacial score (nSPS) is 16.3. The number of hydrogen-bond acceptors (Lipinski definition) is 6. The Hall–Kier alpha value is -3.41. The van der Waals surface area contributed by atoms with Crippen molar-refractivity contribution in [1.29, 1.82) is 0 Å². The molecule has 1 atom stereocenters. The van der Waals surface area contributed by atoms with Gasteiger partial charge in [0.05, 0.1) is 29.9 Å². The van der Waals surface area contributed by atoms with Gasteiger partial charge in [0, 0.05) is 6.07 Å². The van der Waals surface area contributed by atoms with Gasteiger partial charge in [-0.1, -0.05) is 24.3 Å². The second-order valence-corrected chi connectivity index (χ2v) is 10.3. The molecule has 1 fully saturated rings. The van der Waals surface area contributed by atoms with Crippen LogP contribution in [0.4, 0.5) is 8.78 Å². The van der Waals surface area contributed by atoms with Crippen LogP contribution < -0.4 is 10.5 Å². The van der Waals surface area contributed by atoms with Crippen LogP contribution in [0.1, 0.15) is 16.8 Å².